The number of rotatable bonds is 6. The molecule has 0 bridgehead atoms. The Morgan fingerprint density at radius 3 is 2.63 bits per heavy atom. The molecule has 0 aliphatic heterocycles. The summed E-state index contributed by atoms with van der Waals surface area (Å²) in [6.45, 7) is 0.0285. The van der Waals surface area contributed by atoms with Crippen LogP contribution in [0.1, 0.15) is 5.56 Å². The SMILES string of the molecule is CNC(CO)(CSc1cnccn1)c1ccccc1. The molecule has 1 aromatic heterocycles. The smallest absolute Gasteiger partial charge is 0.114 e. The second kappa shape index (κ2) is 6.65. The lowest BCUT2D eigenvalue weighted by Crippen LogP contribution is -2.45. The van der Waals surface area contributed by atoms with Crippen molar-refractivity contribution in [1.29, 1.82) is 0 Å². The molecule has 1 aromatic carbocycles. The zero-order valence-electron chi connectivity index (χ0n) is 10.8. The van der Waals surface area contributed by atoms with Crippen LogP contribution in [-0.4, -0.2) is 34.5 Å². The maximum absolute atomic E-state index is 9.80. The average Bonchev–Trinajstić information content (AvgIpc) is 2.51. The number of hydrogen-bond donors (Lipinski definition) is 2. The van der Waals surface area contributed by atoms with Gasteiger partial charge in [0.2, 0.25) is 0 Å². The van der Waals surface area contributed by atoms with Gasteiger partial charge in [-0.1, -0.05) is 30.3 Å². The van der Waals surface area contributed by atoms with Crippen molar-refractivity contribution in [2.24, 2.45) is 0 Å². The van der Waals surface area contributed by atoms with Gasteiger partial charge in [0.25, 0.3) is 0 Å². The highest BCUT2D eigenvalue weighted by atomic mass is 32.2. The molecule has 1 atom stereocenters. The van der Waals surface area contributed by atoms with Crippen LogP contribution < -0.4 is 5.32 Å². The zero-order valence-corrected chi connectivity index (χ0v) is 11.6. The van der Waals surface area contributed by atoms with E-state index >= 15 is 0 Å². The van der Waals surface area contributed by atoms with E-state index in [1.54, 1.807) is 30.4 Å². The Balaban J connectivity index is 2.16. The zero-order chi connectivity index (χ0) is 13.6. The van der Waals surface area contributed by atoms with Crippen LogP contribution in [0, 0.1) is 0 Å². The van der Waals surface area contributed by atoms with E-state index in [-0.39, 0.29) is 6.61 Å². The van der Waals surface area contributed by atoms with Crippen LogP contribution in [0.2, 0.25) is 0 Å². The summed E-state index contributed by atoms with van der Waals surface area (Å²) in [6.07, 6.45) is 5.05. The molecule has 1 heterocycles. The summed E-state index contributed by atoms with van der Waals surface area (Å²) in [5, 5.41) is 13.9. The van der Waals surface area contributed by atoms with Crippen molar-refractivity contribution in [3.63, 3.8) is 0 Å². The van der Waals surface area contributed by atoms with Crippen LogP contribution in [0.15, 0.2) is 53.9 Å². The van der Waals surface area contributed by atoms with Crippen molar-refractivity contribution in [2.75, 3.05) is 19.4 Å². The minimum atomic E-state index is -0.469. The van der Waals surface area contributed by atoms with Gasteiger partial charge >= 0.3 is 0 Å². The van der Waals surface area contributed by atoms with Crippen molar-refractivity contribution in [3.05, 3.63) is 54.5 Å². The highest BCUT2D eigenvalue weighted by molar-refractivity contribution is 7.99. The molecule has 4 nitrogen and oxygen atoms in total. The largest absolute Gasteiger partial charge is 0.394 e. The van der Waals surface area contributed by atoms with E-state index in [1.807, 2.05) is 37.4 Å². The Kier molecular flexibility index (Phi) is 4.90. The molecule has 19 heavy (non-hydrogen) atoms. The number of aromatic nitrogens is 2. The quantitative estimate of drug-likeness (QED) is 0.786. The van der Waals surface area contributed by atoms with Crippen LogP contribution in [0.5, 0.6) is 0 Å². The van der Waals surface area contributed by atoms with Crippen molar-refractivity contribution in [2.45, 2.75) is 10.6 Å². The van der Waals surface area contributed by atoms with Crippen LogP contribution in [0.3, 0.4) is 0 Å². The van der Waals surface area contributed by atoms with Gasteiger partial charge in [-0.15, -0.1) is 11.8 Å². The third-order valence-corrected chi connectivity index (χ3v) is 4.22. The van der Waals surface area contributed by atoms with Gasteiger partial charge in [-0.05, 0) is 12.6 Å². The van der Waals surface area contributed by atoms with Crippen LogP contribution >= 0.6 is 11.8 Å². The van der Waals surface area contributed by atoms with Gasteiger partial charge in [0.15, 0.2) is 0 Å². The summed E-state index contributed by atoms with van der Waals surface area (Å²) < 4.78 is 0. The summed E-state index contributed by atoms with van der Waals surface area (Å²) in [5.74, 6) is 0.683. The second-order valence-corrected chi connectivity index (χ2v) is 5.18. The number of nitrogens with zero attached hydrogens (tertiary/aromatic N) is 2. The first kappa shape index (κ1) is 14.0. The first-order chi connectivity index (χ1) is 9.30. The molecule has 0 fully saturated rings. The molecule has 0 aliphatic rings. The van der Waals surface area contributed by atoms with Crippen LogP contribution in [0.4, 0.5) is 0 Å². The molecular formula is C14H17N3OS. The number of likely N-dealkylation sites (N-methyl/N-ethyl adjacent to an activating group) is 1. The molecule has 0 spiro atoms. The number of hydrogen-bond acceptors (Lipinski definition) is 5. The summed E-state index contributed by atoms with van der Waals surface area (Å²) >= 11 is 1.58. The predicted molar refractivity (Wildman–Crippen MR) is 77.0 cm³/mol. The fourth-order valence-electron chi connectivity index (χ4n) is 1.83. The van der Waals surface area contributed by atoms with Gasteiger partial charge in [-0.25, -0.2) is 4.98 Å². The summed E-state index contributed by atoms with van der Waals surface area (Å²) in [4.78, 5) is 8.28. The Morgan fingerprint density at radius 1 is 1.26 bits per heavy atom. The first-order valence-corrected chi connectivity index (χ1v) is 7.03. The molecule has 100 valence electrons. The predicted octanol–water partition coefficient (Wildman–Crippen LogP) is 1.68. The molecule has 5 heteroatoms. The number of aliphatic hydroxyl groups is 1. The molecule has 2 rings (SSSR count). The summed E-state index contributed by atoms with van der Waals surface area (Å²) in [7, 11) is 1.86. The lowest BCUT2D eigenvalue weighted by Gasteiger charge is -2.31. The topological polar surface area (TPSA) is 58.0 Å². The number of thioether (sulfide) groups is 1. The molecule has 1 unspecified atom stereocenters. The van der Waals surface area contributed by atoms with E-state index in [0.29, 0.717) is 5.75 Å². The molecule has 0 saturated heterocycles. The van der Waals surface area contributed by atoms with Gasteiger partial charge in [0, 0.05) is 18.1 Å². The molecule has 0 aliphatic carbocycles. The Hall–Kier alpha value is -1.43. The Bertz CT molecular complexity index is 489. The Morgan fingerprint density at radius 2 is 2.05 bits per heavy atom. The molecular weight excluding hydrogens is 258 g/mol. The number of benzene rings is 1. The maximum Gasteiger partial charge on any atom is 0.114 e. The van der Waals surface area contributed by atoms with Crippen molar-refractivity contribution in [3.8, 4) is 0 Å². The van der Waals surface area contributed by atoms with E-state index < -0.39 is 5.54 Å². The highest BCUT2D eigenvalue weighted by Crippen LogP contribution is 2.28. The standard InChI is InChI=1S/C14H17N3OS/c1-15-14(10-18,12-5-3-2-4-6-12)11-19-13-9-16-7-8-17-13/h2-9,15,18H,10-11H2,1H3. The minimum absolute atomic E-state index is 0.0285. The third-order valence-electron chi connectivity index (χ3n) is 3.08. The van der Waals surface area contributed by atoms with Gasteiger partial charge in [-0.2, -0.15) is 0 Å². The fourth-order valence-corrected chi connectivity index (χ4v) is 2.90. The fraction of sp³-hybridized carbons (Fsp3) is 0.286. The van der Waals surface area contributed by atoms with Gasteiger partial charge < -0.3 is 10.4 Å². The average molecular weight is 275 g/mol. The highest BCUT2D eigenvalue weighted by Gasteiger charge is 2.29. The Labute approximate surface area is 117 Å². The number of nitrogens with one attached hydrogen (secondary N) is 1. The van der Waals surface area contributed by atoms with Gasteiger partial charge in [0.1, 0.15) is 5.03 Å². The molecule has 2 aromatic rings. The molecule has 0 amide bonds. The van der Waals surface area contributed by atoms with Crippen molar-refractivity contribution in [1.82, 2.24) is 15.3 Å². The minimum Gasteiger partial charge on any atom is -0.394 e. The van der Waals surface area contributed by atoms with E-state index in [1.165, 1.54) is 0 Å². The molecule has 0 radical (unpaired) electrons. The van der Waals surface area contributed by atoms with E-state index in [2.05, 4.69) is 15.3 Å². The van der Waals surface area contributed by atoms with Crippen LogP contribution in [0.25, 0.3) is 0 Å². The first-order valence-electron chi connectivity index (χ1n) is 6.05. The van der Waals surface area contributed by atoms with Crippen molar-refractivity contribution >= 4 is 11.8 Å². The van der Waals surface area contributed by atoms with Crippen LogP contribution in [-0.2, 0) is 5.54 Å². The lowest BCUT2D eigenvalue weighted by molar-refractivity contribution is 0.187. The normalized spacial score (nSPS) is 14.0. The van der Waals surface area contributed by atoms with Gasteiger partial charge in [0.05, 0.1) is 18.3 Å². The molecule has 0 saturated carbocycles. The van der Waals surface area contributed by atoms with Gasteiger partial charge in [-0.3, -0.25) is 4.98 Å². The van der Waals surface area contributed by atoms with E-state index in [4.69, 9.17) is 0 Å². The van der Waals surface area contributed by atoms with E-state index in [9.17, 15) is 5.11 Å². The summed E-state index contributed by atoms with van der Waals surface area (Å²) in [6, 6.07) is 9.96. The number of aliphatic hydroxyl groups excluding tert-OH is 1. The maximum atomic E-state index is 9.80. The third kappa shape index (κ3) is 3.32. The lowest BCUT2D eigenvalue weighted by atomic mass is 9.93. The second-order valence-electron chi connectivity index (χ2n) is 4.19. The van der Waals surface area contributed by atoms with E-state index in [0.717, 1.165) is 10.6 Å². The monoisotopic (exact) mass is 275 g/mol. The summed E-state index contributed by atoms with van der Waals surface area (Å²) in [5.41, 5.74) is 0.597. The molecule has 2 N–H and O–H groups in total. The van der Waals surface area contributed by atoms with Crippen molar-refractivity contribution < 1.29 is 5.11 Å².